The van der Waals surface area contributed by atoms with Gasteiger partial charge in [-0.2, -0.15) is 0 Å². The van der Waals surface area contributed by atoms with Crippen LogP contribution in [0.15, 0.2) is 122 Å². The van der Waals surface area contributed by atoms with Crippen LogP contribution in [0.3, 0.4) is 0 Å². The number of nitrogens with zero attached hydrogens (tertiary/aromatic N) is 1. The summed E-state index contributed by atoms with van der Waals surface area (Å²) in [6.45, 7) is 4.81. The Hall–Kier alpha value is -4.31. The molecule has 0 aliphatic rings. The molecule has 0 aliphatic carbocycles. The molecule has 0 aromatic rings. The summed E-state index contributed by atoms with van der Waals surface area (Å²) < 4.78 is 23.1. The summed E-state index contributed by atoms with van der Waals surface area (Å²) in [5.41, 5.74) is 0. The molecule has 0 aromatic heterocycles. The lowest BCUT2D eigenvalue weighted by molar-refractivity contribution is -0.870. The van der Waals surface area contributed by atoms with Crippen LogP contribution in [0, 0.1) is 0 Å². The topological polar surface area (TPSA) is 108 Å². The first-order valence-electron chi connectivity index (χ1n) is 43.2. The highest BCUT2D eigenvalue weighted by atomic mass is 16.7. The fourth-order valence-electron chi connectivity index (χ4n) is 12.5. The molecule has 0 saturated carbocycles. The van der Waals surface area contributed by atoms with Gasteiger partial charge in [0.1, 0.15) is 13.2 Å². The van der Waals surface area contributed by atoms with E-state index in [0.29, 0.717) is 23.9 Å². The molecule has 0 fully saturated rings. The maximum atomic E-state index is 13.0. The minimum Gasteiger partial charge on any atom is -0.477 e. The smallest absolute Gasteiger partial charge is 0.361 e. The van der Waals surface area contributed by atoms with Crippen molar-refractivity contribution >= 4 is 17.9 Å². The van der Waals surface area contributed by atoms with Gasteiger partial charge in [0, 0.05) is 12.8 Å². The Kier molecular flexibility index (Phi) is 78.9. The van der Waals surface area contributed by atoms with Crippen molar-refractivity contribution in [3.8, 4) is 0 Å². The van der Waals surface area contributed by atoms with E-state index in [-0.39, 0.29) is 32.2 Å². The maximum Gasteiger partial charge on any atom is 0.361 e. The van der Waals surface area contributed by atoms with Crippen LogP contribution in [0.4, 0.5) is 0 Å². The number of allylic oxidation sites excluding steroid dienone is 20. The van der Waals surface area contributed by atoms with Gasteiger partial charge in [0.2, 0.25) is 0 Å². The molecule has 1 N–H and O–H groups in total. The zero-order valence-corrected chi connectivity index (χ0v) is 67.5. The summed E-state index contributed by atoms with van der Waals surface area (Å²) in [6, 6.07) is 0. The third-order valence-electron chi connectivity index (χ3n) is 19.0. The maximum absolute atomic E-state index is 13.0. The number of carboxylic acids is 1. The molecule has 588 valence electrons. The first kappa shape index (κ1) is 97.7. The second-order valence-electron chi connectivity index (χ2n) is 30.1. The van der Waals surface area contributed by atoms with Crippen molar-refractivity contribution in [2.24, 2.45) is 0 Å². The standard InChI is InChI=1S/C93H163NO8/c1-6-8-10-12-14-16-18-20-22-24-26-28-30-32-34-36-38-40-42-44-45-46-47-48-50-52-54-56-58-60-62-64-66-68-70-72-74-76-78-80-82-84-91(96)102-89(88-101-93(92(97)98)99-86-85-94(3,4)5)87-100-90(95)83-81-79-77-75-73-71-69-67-65-63-61-59-57-55-53-51-49-43-41-39-37-35-33-31-29-27-25-23-21-19-17-15-13-11-9-7-2/h8,10,14,16,20,22,26,28,32,34,38,40,44-45,47-48,52,54,58,60,89,93H,6-7,9,11-13,15,17-19,21,23-25,27,29-31,33,35-37,39,41-43,46,49-51,53,55-57,59,61-88H2,1-5H3/p+1/b10-8-,16-14-,22-20-,28-26-,34-32-,40-38-,45-44-,48-47-,54-52-,60-58-. The molecule has 9 heteroatoms. The second kappa shape index (κ2) is 82.3. The number of carbonyl (C=O) groups excluding carboxylic acids is 2. The van der Waals surface area contributed by atoms with Crippen molar-refractivity contribution in [2.75, 3.05) is 47.5 Å². The predicted octanol–water partition coefficient (Wildman–Crippen LogP) is 28.2. The molecule has 0 spiro atoms. The fraction of sp³-hybridized carbons (Fsp3) is 0.753. The Morgan fingerprint density at radius 1 is 0.304 bits per heavy atom. The number of carbonyl (C=O) groups is 3. The Balaban J connectivity index is 4.02. The summed E-state index contributed by atoms with van der Waals surface area (Å²) in [6.07, 6.45) is 115. The number of rotatable bonds is 80. The largest absolute Gasteiger partial charge is 0.477 e. The van der Waals surface area contributed by atoms with Crippen LogP contribution < -0.4 is 0 Å². The Morgan fingerprint density at radius 2 is 0.559 bits per heavy atom. The van der Waals surface area contributed by atoms with Crippen LogP contribution in [0.2, 0.25) is 0 Å². The van der Waals surface area contributed by atoms with Gasteiger partial charge >= 0.3 is 17.9 Å². The SMILES string of the molecule is CC/C=C\C/C=C\C/C=C\C/C=C\C/C=C\C/C=C\C/C=C\C/C=C\C/C=C\C/C=C\CCCCCCCCCCCCC(=O)OC(COC(=O)CCCCCCCCCCCCCCCCCCCCCCCCCCCCCCCCCCCCCC)COC(OCC[N+](C)(C)C)C(=O)O. The Labute approximate surface area is 631 Å². The number of hydrogen-bond donors (Lipinski definition) is 1. The van der Waals surface area contributed by atoms with Crippen LogP contribution in [-0.2, 0) is 33.3 Å². The van der Waals surface area contributed by atoms with Crippen LogP contribution in [0.1, 0.15) is 393 Å². The molecule has 0 saturated heterocycles. The van der Waals surface area contributed by atoms with E-state index in [9.17, 15) is 19.5 Å². The zero-order valence-electron chi connectivity index (χ0n) is 67.5. The Morgan fingerprint density at radius 3 is 0.833 bits per heavy atom. The lowest BCUT2D eigenvalue weighted by Gasteiger charge is -2.25. The second-order valence-corrected chi connectivity index (χ2v) is 30.1. The third-order valence-corrected chi connectivity index (χ3v) is 19.0. The van der Waals surface area contributed by atoms with Crippen molar-refractivity contribution in [1.82, 2.24) is 0 Å². The zero-order chi connectivity index (χ0) is 73.9. The molecule has 0 aromatic carbocycles. The summed E-state index contributed by atoms with van der Waals surface area (Å²) in [5, 5.41) is 9.79. The number of unbranched alkanes of at least 4 members (excludes halogenated alkanes) is 45. The van der Waals surface area contributed by atoms with Gasteiger partial charge in [0.05, 0.1) is 34.4 Å². The van der Waals surface area contributed by atoms with Crippen molar-refractivity contribution < 1.29 is 42.9 Å². The lowest BCUT2D eigenvalue weighted by Crippen LogP contribution is -2.40. The molecule has 2 atom stereocenters. The first-order valence-corrected chi connectivity index (χ1v) is 43.2. The molecule has 0 bridgehead atoms. The highest BCUT2D eigenvalue weighted by Crippen LogP contribution is 2.20. The Bertz CT molecular complexity index is 2100. The molecular weight excluding hydrogens is 1260 g/mol. The van der Waals surface area contributed by atoms with Crippen molar-refractivity contribution in [2.45, 2.75) is 405 Å². The van der Waals surface area contributed by atoms with Gasteiger partial charge in [0.25, 0.3) is 6.29 Å². The summed E-state index contributed by atoms with van der Waals surface area (Å²) in [5.74, 6) is -2.00. The van der Waals surface area contributed by atoms with Crippen molar-refractivity contribution in [3.63, 3.8) is 0 Å². The number of quaternary nitrogens is 1. The van der Waals surface area contributed by atoms with Gasteiger partial charge < -0.3 is 28.5 Å². The quantitative estimate of drug-likeness (QED) is 0.0211. The summed E-state index contributed by atoms with van der Waals surface area (Å²) >= 11 is 0. The van der Waals surface area contributed by atoms with Gasteiger partial charge in [-0.1, -0.05) is 411 Å². The van der Waals surface area contributed by atoms with Crippen molar-refractivity contribution in [1.29, 1.82) is 0 Å². The van der Waals surface area contributed by atoms with Crippen LogP contribution >= 0.6 is 0 Å². The van der Waals surface area contributed by atoms with E-state index < -0.39 is 24.3 Å². The number of hydrogen-bond acceptors (Lipinski definition) is 7. The monoisotopic (exact) mass is 1420 g/mol. The average molecular weight is 1420 g/mol. The molecule has 0 aliphatic heterocycles. The normalized spacial score (nSPS) is 13.2. The lowest BCUT2D eigenvalue weighted by atomic mass is 10.0. The van der Waals surface area contributed by atoms with E-state index in [2.05, 4.69) is 135 Å². The molecule has 102 heavy (non-hydrogen) atoms. The third kappa shape index (κ3) is 83.0. The predicted molar refractivity (Wildman–Crippen MR) is 442 cm³/mol. The van der Waals surface area contributed by atoms with Crippen LogP contribution in [0.25, 0.3) is 0 Å². The van der Waals surface area contributed by atoms with Gasteiger partial charge in [-0.15, -0.1) is 0 Å². The number of aliphatic carboxylic acids is 1. The van der Waals surface area contributed by atoms with Crippen LogP contribution in [0.5, 0.6) is 0 Å². The first-order chi connectivity index (χ1) is 50.1. The van der Waals surface area contributed by atoms with E-state index in [1.165, 1.54) is 250 Å². The van der Waals surface area contributed by atoms with E-state index in [1.54, 1.807) is 0 Å². The fourth-order valence-corrected chi connectivity index (χ4v) is 12.5. The van der Waals surface area contributed by atoms with E-state index >= 15 is 0 Å². The van der Waals surface area contributed by atoms with Crippen LogP contribution in [-0.4, -0.2) is 87.4 Å². The molecular formula is C93H164NO8+. The highest BCUT2D eigenvalue weighted by molar-refractivity contribution is 5.71. The van der Waals surface area contributed by atoms with E-state index in [1.807, 2.05) is 21.1 Å². The molecule has 0 radical (unpaired) electrons. The summed E-state index contributed by atoms with van der Waals surface area (Å²) in [7, 11) is 5.99. The summed E-state index contributed by atoms with van der Waals surface area (Å²) in [4.78, 5) is 37.8. The van der Waals surface area contributed by atoms with E-state index in [4.69, 9.17) is 18.9 Å². The highest BCUT2D eigenvalue weighted by Gasteiger charge is 2.25. The van der Waals surface area contributed by atoms with E-state index in [0.717, 1.165) is 109 Å². The molecule has 2 unspecified atom stereocenters. The minimum absolute atomic E-state index is 0.184. The number of likely N-dealkylation sites (N-methyl/N-ethyl adjacent to an activating group) is 1. The molecule has 0 amide bonds. The van der Waals surface area contributed by atoms with Gasteiger partial charge in [-0.25, -0.2) is 4.79 Å². The van der Waals surface area contributed by atoms with Crippen molar-refractivity contribution in [3.05, 3.63) is 122 Å². The average Bonchev–Trinajstić information content (AvgIpc) is 0.999. The molecule has 9 nitrogen and oxygen atoms in total. The number of ether oxygens (including phenoxy) is 4. The molecule has 0 heterocycles. The molecule has 0 rings (SSSR count). The van der Waals surface area contributed by atoms with Gasteiger partial charge in [-0.05, 0) is 89.9 Å². The van der Waals surface area contributed by atoms with Gasteiger partial charge in [-0.3, -0.25) is 9.59 Å². The minimum atomic E-state index is -1.52. The number of carboxylic acid groups (broad SMARTS) is 1. The number of esters is 2. The van der Waals surface area contributed by atoms with Gasteiger partial charge in [0.15, 0.2) is 6.10 Å².